The molecule has 1 saturated heterocycles. The maximum absolute atomic E-state index is 13.6. The van der Waals surface area contributed by atoms with Crippen molar-refractivity contribution in [3.8, 4) is 11.5 Å². The summed E-state index contributed by atoms with van der Waals surface area (Å²) in [4.78, 5) is 15.3. The van der Waals surface area contributed by atoms with Gasteiger partial charge in [-0.25, -0.2) is 13.6 Å². The van der Waals surface area contributed by atoms with Gasteiger partial charge in [0.1, 0.15) is 0 Å². The summed E-state index contributed by atoms with van der Waals surface area (Å²) in [6.07, 6.45) is 3.48. The Hall–Kier alpha value is -3.65. The van der Waals surface area contributed by atoms with Crippen molar-refractivity contribution in [1.82, 2.24) is 10.2 Å². The van der Waals surface area contributed by atoms with Gasteiger partial charge in [-0.1, -0.05) is 36.4 Å². The van der Waals surface area contributed by atoms with Crippen LogP contribution in [0.1, 0.15) is 36.8 Å². The molecule has 0 radical (unpaired) electrons. The molecule has 2 fully saturated rings. The smallest absolute Gasteiger partial charge is 0.319 e. The third-order valence-electron chi connectivity index (χ3n) is 8.07. The molecule has 200 valence electrons. The van der Waals surface area contributed by atoms with Crippen molar-refractivity contribution < 1.29 is 23.0 Å². The summed E-state index contributed by atoms with van der Waals surface area (Å²) in [5, 5.41) is 5.71. The number of urea groups is 1. The van der Waals surface area contributed by atoms with Gasteiger partial charge in [0.2, 0.25) is 0 Å². The minimum absolute atomic E-state index is 0.0602. The van der Waals surface area contributed by atoms with Gasteiger partial charge in [0.15, 0.2) is 23.1 Å². The second kappa shape index (κ2) is 11.0. The lowest BCUT2D eigenvalue weighted by Gasteiger charge is -2.45. The summed E-state index contributed by atoms with van der Waals surface area (Å²) in [5.74, 6) is -0.532. The van der Waals surface area contributed by atoms with E-state index in [0.29, 0.717) is 11.5 Å². The number of carbonyl (C=O) groups is 1. The SMILES string of the molecule is COc1ccc([C@@]23CC[C@H](NC(=O)Nc4ccc(F)c(F)c4)C[C@H]2N(Cc2ccccc2)CC3)cc1OC. The summed E-state index contributed by atoms with van der Waals surface area (Å²) in [6.45, 7) is 1.77. The van der Waals surface area contributed by atoms with Gasteiger partial charge in [-0.05, 0) is 67.6 Å². The van der Waals surface area contributed by atoms with Gasteiger partial charge in [-0.15, -0.1) is 0 Å². The van der Waals surface area contributed by atoms with Crippen LogP contribution in [0.3, 0.4) is 0 Å². The molecule has 1 heterocycles. The Morgan fingerprint density at radius 3 is 2.50 bits per heavy atom. The Morgan fingerprint density at radius 1 is 0.974 bits per heavy atom. The first-order chi connectivity index (χ1) is 18.4. The van der Waals surface area contributed by atoms with Gasteiger partial charge in [0.05, 0.1) is 14.2 Å². The van der Waals surface area contributed by atoms with Crippen molar-refractivity contribution in [3.63, 3.8) is 0 Å². The fraction of sp³-hybridized carbons (Fsp3) is 0.367. The fourth-order valence-corrected chi connectivity index (χ4v) is 6.19. The number of amides is 2. The summed E-state index contributed by atoms with van der Waals surface area (Å²) in [6, 6.07) is 19.7. The predicted molar refractivity (Wildman–Crippen MR) is 143 cm³/mol. The Bertz CT molecular complexity index is 1290. The number of hydrogen-bond donors (Lipinski definition) is 2. The van der Waals surface area contributed by atoms with Gasteiger partial charge in [0.25, 0.3) is 0 Å². The minimum Gasteiger partial charge on any atom is -0.493 e. The highest BCUT2D eigenvalue weighted by molar-refractivity contribution is 5.89. The van der Waals surface area contributed by atoms with E-state index in [-0.39, 0.29) is 23.2 Å². The molecule has 1 aliphatic heterocycles. The van der Waals surface area contributed by atoms with Gasteiger partial charge < -0.3 is 20.1 Å². The molecule has 0 spiro atoms. The van der Waals surface area contributed by atoms with Crippen LogP contribution in [0.15, 0.2) is 66.7 Å². The van der Waals surface area contributed by atoms with E-state index >= 15 is 0 Å². The van der Waals surface area contributed by atoms with Crippen LogP contribution in [0.25, 0.3) is 0 Å². The molecule has 1 aliphatic carbocycles. The third kappa shape index (κ3) is 5.18. The average molecular weight is 522 g/mol. The highest BCUT2D eigenvalue weighted by atomic mass is 19.2. The fourth-order valence-electron chi connectivity index (χ4n) is 6.19. The van der Waals surface area contributed by atoms with Crippen LogP contribution in [-0.4, -0.2) is 43.8 Å². The summed E-state index contributed by atoms with van der Waals surface area (Å²) < 4.78 is 38.0. The number of ether oxygens (including phenoxy) is 2. The first kappa shape index (κ1) is 26.0. The van der Waals surface area contributed by atoms with E-state index in [9.17, 15) is 13.6 Å². The number of nitrogens with one attached hydrogen (secondary N) is 2. The van der Waals surface area contributed by atoms with Gasteiger partial charge in [0, 0.05) is 35.8 Å². The summed E-state index contributed by atoms with van der Waals surface area (Å²) in [7, 11) is 3.29. The second-order valence-corrected chi connectivity index (χ2v) is 10.1. The lowest BCUT2D eigenvalue weighted by molar-refractivity contribution is 0.131. The van der Waals surface area contributed by atoms with Crippen LogP contribution in [0.4, 0.5) is 19.3 Å². The van der Waals surface area contributed by atoms with Crippen LogP contribution in [0.5, 0.6) is 11.5 Å². The molecule has 3 aromatic rings. The number of rotatable bonds is 7. The molecule has 2 aliphatic rings. The number of anilines is 1. The Morgan fingerprint density at radius 2 is 1.76 bits per heavy atom. The molecule has 8 heteroatoms. The van der Waals surface area contributed by atoms with E-state index in [1.807, 2.05) is 12.1 Å². The van der Waals surface area contributed by atoms with Crippen molar-refractivity contribution >= 4 is 11.7 Å². The van der Waals surface area contributed by atoms with E-state index in [0.717, 1.165) is 50.9 Å². The third-order valence-corrected chi connectivity index (χ3v) is 8.07. The van der Waals surface area contributed by atoms with E-state index in [1.54, 1.807) is 14.2 Å². The van der Waals surface area contributed by atoms with Crippen LogP contribution < -0.4 is 20.1 Å². The largest absolute Gasteiger partial charge is 0.493 e. The first-order valence-electron chi connectivity index (χ1n) is 12.9. The molecule has 2 N–H and O–H groups in total. The van der Waals surface area contributed by atoms with Crippen molar-refractivity contribution in [3.05, 3.63) is 89.5 Å². The Balaban J connectivity index is 1.37. The lowest BCUT2D eigenvalue weighted by Crippen LogP contribution is -2.52. The van der Waals surface area contributed by atoms with Gasteiger partial charge >= 0.3 is 6.03 Å². The summed E-state index contributed by atoms with van der Waals surface area (Å²) in [5.41, 5.74) is 2.61. The topological polar surface area (TPSA) is 62.8 Å². The first-order valence-corrected chi connectivity index (χ1v) is 12.9. The Kier molecular flexibility index (Phi) is 7.51. The van der Waals surface area contributed by atoms with E-state index in [1.165, 1.54) is 17.2 Å². The zero-order valence-corrected chi connectivity index (χ0v) is 21.7. The molecule has 1 saturated carbocycles. The number of methoxy groups -OCH3 is 2. The van der Waals surface area contributed by atoms with Crippen molar-refractivity contribution in [2.24, 2.45) is 0 Å². The molecule has 38 heavy (non-hydrogen) atoms. The molecule has 0 aromatic heterocycles. The zero-order chi connectivity index (χ0) is 26.7. The molecule has 6 nitrogen and oxygen atoms in total. The van der Waals surface area contributed by atoms with Crippen LogP contribution in [0, 0.1) is 11.6 Å². The standard InChI is InChI=1S/C30H33F2N3O3/c1-37-26-11-8-21(16-27(26)38-2)30-13-12-23(34-29(36)33-22-9-10-24(31)25(32)17-22)18-28(30)35(15-14-30)19-20-6-4-3-5-7-20/h3-11,16-17,23,28H,12-15,18-19H2,1-2H3,(H2,33,34,36)/t23-,28+,30-/m0/s1. The zero-order valence-electron chi connectivity index (χ0n) is 21.7. The van der Waals surface area contributed by atoms with E-state index < -0.39 is 17.7 Å². The highest BCUT2D eigenvalue weighted by Crippen LogP contribution is 2.50. The van der Waals surface area contributed by atoms with Gasteiger partial charge in [-0.3, -0.25) is 4.90 Å². The van der Waals surface area contributed by atoms with Crippen molar-refractivity contribution in [2.75, 3.05) is 26.1 Å². The maximum Gasteiger partial charge on any atom is 0.319 e. The molecule has 0 unspecified atom stereocenters. The summed E-state index contributed by atoms with van der Waals surface area (Å²) >= 11 is 0. The number of fused-ring (bicyclic) bond motifs is 1. The normalized spacial score (nSPS) is 22.9. The monoisotopic (exact) mass is 521 g/mol. The average Bonchev–Trinajstić information content (AvgIpc) is 3.29. The number of nitrogens with zero attached hydrogens (tertiary/aromatic N) is 1. The molecular weight excluding hydrogens is 488 g/mol. The highest BCUT2D eigenvalue weighted by Gasteiger charge is 2.51. The van der Waals surface area contributed by atoms with Crippen LogP contribution >= 0.6 is 0 Å². The number of carbonyl (C=O) groups excluding carboxylic acids is 1. The number of benzene rings is 3. The molecule has 0 bridgehead atoms. The molecule has 2 amide bonds. The molecule has 3 aromatic carbocycles. The van der Waals surface area contributed by atoms with Crippen LogP contribution in [-0.2, 0) is 12.0 Å². The molecular formula is C30H33F2N3O3. The second-order valence-electron chi connectivity index (χ2n) is 10.1. The van der Waals surface area contributed by atoms with Gasteiger partial charge in [-0.2, -0.15) is 0 Å². The maximum atomic E-state index is 13.6. The number of likely N-dealkylation sites (tertiary alicyclic amines) is 1. The molecule has 3 atom stereocenters. The molecule has 5 rings (SSSR count). The lowest BCUT2D eigenvalue weighted by atomic mass is 9.65. The number of halogens is 2. The number of hydrogen-bond acceptors (Lipinski definition) is 4. The minimum atomic E-state index is -0.998. The van der Waals surface area contributed by atoms with Crippen molar-refractivity contribution in [2.45, 2.75) is 49.7 Å². The van der Waals surface area contributed by atoms with Crippen LogP contribution in [0.2, 0.25) is 0 Å². The van der Waals surface area contributed by atoms with E-state index in [4.69, 9.17) is 9.47 Å². The Labute approximate surface area is 221 Å². The van der Waals surface area contributed by atoms with Crippen molar-refractivity contribution in [1.29, 1.82) is 0 Å². The predicted octanol–water partition coefficient (Wildman–Crippen LogP) is 5.87. The van der Waals surface area contributed by atoms with E-state index in [2.05, 4.69) is 51.9 Å². The quantitative estimate of drug-likeness (QED) is 0.408.